The predicted molar refractivity (Wildman–Crippen MR) is 97.8 cm³/mol. The number of rotatable bonds is 1. The lowest BCUT2D eigenvalue weighted by molar-refractivity contribution is -0.131. The molecule has 0 saturated carbocycles. The molecule has 0 aromatic carbocycles. The molecule has 2 unspecified atom stereocenters. The number of carbonyl (C=O) groups excluding carboxylic acids is 1. The highest BCUT2D eigenvalue weighted by atomic mass is 16.3. The number of nitrogens with zero attached hydrogens (tertiary/aromatic N) is 2. The molecule has 1 aliphatic heterocycles. The van der Waals surface area contributed by atoms with Gasteiger partial charge in [-0.2, -0.15) is 0 Å². The van der Waals surface area contributed by atoms with Crippen molar-refractivity contribution < 1.29 is 9.21 Å². The Bertz CT molecular complexity index is 936. The summed E-state index contributed by atoms with van der Waals surface area (Å²) >= 11 is 0. The summed E-state index contributed by atoms with van der Waals surface area (Å²) < 4.78 is 5.85. The predicted octanol–water partition coefficient (Wildman–Crippen LogP) is 4.19. The number of likely N-dealkylation sites (N-methyl/N-ethyl adjacent to an activating group) is 1. The second-order valence-corrected chi connectivity index (χ2v) is 7.23. The molecule has 0 radical (unpaired) electrons. The van der Waals surface area contributed by atoms with Gasteiger partial charge in [0.15, 0.2) is 0 Å². The number of amides is 1. The molecule has 0 spiro atoms. The van der Waals surface area contributed by atoms with Gasteiger partial charge in [0.1, 0.15) is 5.76 Å². The molecule has 1 aliphatic carbocycles. The van der Waals surface area contributed by atoms with Gasteiger partial charge in [0.2, 0.25) is 0 Å². The van der Waals surface area contributed by atoms with Crippen molar-refractivity contribution in [1.82, 2.24) is 9.88 Å². The first-order valence-electron chi connectivity index (χ1n) is 8.57. The van der Waals surface area contributed by atoms with Crippen LogP contribution in [0.2, 0.25) is 0 Å². The van der Waals surface area contributed by atoms with Crippen LogP contribution in [0.3, 0.4) is 0 Å². The highest BCUT2D eigenvalue weighted by molar-refractivity contribution is 6.09. The van der Waals surface area contributed by atoms with Gasteiger partial charge >= 0.3 is 0 Å². The van der Waals surface area contributed by atoms with Crippen molar-refractivity contribution in [2.24, 2.45) is 0 Å². The molecule has 1 amide bonds. The van der Waals surface area contributed by atoms with E-state index in [2.05, 4.69) is 31.8 Å². The topological polar surface area (TPSA) is 46.3 Å². The van der Waals surface area contributed by atoms with Crippen LogP contribution in [-0.4, -0.2) is 28.4 Å². The smallest absolute Gasteiger partial charge is 0.250 e. The number of fused-ring (bicyclic) bond motifs is 2. The molecule has 128 valence electrons. The zero-order valence-corrected chi connectivity index (χ0v) is 15.3. The molecule has 0 N–H and O–H groups in total. The number of aromatic nitrogens is 1. The number of carbonyl (C=O) groups is 1. The van der Waals surface area contributed by atoms with E-state index in [0.717, 1.165) is 39.2 Å². The Morgan fingerprint density at radius 1 is 1.32 bits per heavy atom. The average Bonchev–Trinajstić information content (AvgIpc) is 2.98. The molecular weight excluding hydrogens is 312 g/mol. The number of hydrogen-bond donors (Lipinski definition) is 0. The van der Waals surface area contributed by atoms with Gasteiger partial charge in [-0.1, -0.05) is 13.0 Å². The second-order valence-electron chi connectivity index (χ2n) is 7.23. The summed E-state index contributed by atoms with van der Waals surface area (Å²) in [5, 5.41) is 0. The summed E-state index contributed by atoms with van der Waals surface area (Å²) in [4.78, 5) is 19.1. The van der Waals surface area contributed by atoms with E-state index in [4.69, 9.17) is 4.42 Å². The molecule has 0 fully saturated rings. The number of furan rings is 1. The fraction of sp³-hybridized carbons (Fsp3) is 0.333. The molecule has 4 heteroatoms. The highest BCUT2D eigenvalue weighted by Gasteiger charge is 2.51. The molecule has 2 atom stereocenters. The van der Waals surface area contributed by atoms with Gasteiger partial charge in [-0.3, -0.25) is 9.78 Å². The van der Waals surface area contributed by atoms with Gasteiger partial charge in [0.05, 0.1) is 11.8 Å². The lowest BCUT2D eigenvalue weighted by atomic mass is 9.66. The van der Waals surface area contributed by atoms with E-state index in [0.29, 0.717) is 0 Å². The molecular formula is C21H22N2O2. The van der Waals surface area contributed by atoms with Crippen LogP contribution in [0.25, 0.3) is 11.6 Å². The van der Waals surface area contributed by atoms with E-state index in [-0.39, 0.29) is 11.8 Å². The molecule has 2 aromatic heterocycles. The van der Waals surface area contributed by atoms with E-state index in [9.17, 15) is 4.79 Å². The molecule has 25 heavy (non-hydrogen) atoms. The Kier molecular flexibility index (Phi) is 3.29. The molecule has 0 saturated heterocycles. The lowest BCUT2D eigenvalue weighted by Crippen LogP contribution is -2.56. The van der Waals surface area contributed by atoms with Crippen LogP contribution in [0.4, 0.5) is 0 Å². The van der Waals surface area contributed by atoms with Crippen molar-refractivity contribution in [3.05, 3.63) is 64.4 Å². The molecule has 2 aromatic rings. The number of pyridine rings is 1. The van der Waals surface area contributed by atoms with Crippen LogP contribution in [0.15, 0.2) is 46.4 Å². The van der Waals surface area contributed by atoms with E-state index >= 15 is 0 Å². The first-order valence-corrected chi connectivity index (χ1v) is 8.57. The van der Waals surface area contributed by atoms with Crippen LogP contribution < -0.4 is 0 Å². The van der Waals surface area contributed by atoms with Crippen LogP contribution in [0.5, 0.6) is 0 Å². The Hall–Kier alpha value is -2.62. The lowest BCUT2D eigenvalue weighted by Gasteiger charge is -2.50. The normalized spacial score (nSPS) is 25.6. The maximum atomic E-state index is 13.0. The summed E-state index contributed by atoms with van der Waals surface area (Å²) in [7, 11) is 1.89. The van der Waals surface area contributed by atoms with E-state index in [1.165, 1.54) is 0 Å². The van der Waals surface area contributed by atoms with Crippen molar-refractivity contribution >= 4 is 17.6 Å². The summed E-state index contributed by atoms with van der Waals surface area (Å²) in [5.41, 5.74) is 5.70. The second kappa shape index (κ2) is 5.19. The standard InChI is InChI=1S/C21H22N2O2/c1-12-11-25-19-14(3)21(4)17(9-16(12)19)18(13(2)20(24)23(21)5)15-7-6-8-22-10-15/h6-11,14H,1-5H3. The summed E-state index contributed by atoms with van der Waals surface area (Å²) in [6.07, 6.45) is 7.59. The zero-order valence-electron chi connectivity index (χ0n) is 15.3. The van der Waals surface area contributed by atoms with E-state index in [1.54, 1.807) is 12.5 Å². The monoisotopic (exact) mass is 334 g/mol. The van der Waals surface area contributed by atoms with Gasteiger partial charge in [0.25, 0.3) is 5.91 Å². The van der Waals surface area contributed by atoms with Crippen LogP contribution in [0.1, 0.15) is 49.1 Å². The van der Waals surface area contributed by atoms with Crippen molar-refractivity contribution in [2.45, 2.75) is 39.2 Å². The minimum Gasteiger partial charge on any atom is -0.468 e. The van der Waals surface area contributed by atoms with Gasteiger partial charge in [-0.15, -0.1) is 0 Å². The Balaban J connectivity index is 2.07. The highest BCUT2D eigenvalue weighted by Crippen LogP contribution is 2.53. The first kappa shape index (κ1) is 15.9. The number of aryl methyl sites for hydroxylation is 1. The fourth-order valence-corrected chi connectivity index (χ4v) is 4.22. The van der Waals surface area contributed by atoms with Crippen molar-refractivity contribution in [2.75, 3.05) is 7.05 Å². The maximum Gasteiger partial charge on any atom is 0.250 e. The van der Waals surface area contributed by atoms with E-state index in [1.807, 2.05) is 37.2 Å². The quantitative estimate of drug-likeness (QED) is 0.785. The van der Waals surface area contributed by atoms with Crippen molar-refractivity contribution in [3.63, 3.8) is 0 Å². The molecule has 4 rings (SSSR count). The van der Waals surface area contributed by atoms with Crippen LogP contribution >= 0.6 is 0 Å². The molecule has 4 nitrogen and oxygen atoms in total. The third kappa shape index (κ3) is 1.94. The third-order valence-electron chi connectivity index (χ3n) is 6.04. The van der Waals surface area contributed by atoms with Gasteiger partial charge in [-0.05, 0) is 49.6 Å². The Morgan fingerprint density at radius 2 is 2.08 bits per heavy atom. The Labute approximate surface area is 147 Å². The van der Waals surface area contributed by atoms with E-state index < -0.39 is 5.54 Å². The van der Waals surface area contributed by atoms with Crippen molar-refractivity contribution in [3.8, 4) is 0 Å². The summed E-state index contributed by atoms with van der Waals surface area (Å²) in [6.45, 7) is 8.24. The molecule has 0 bridgehead atoms. The van der Waals surface area contributed by atoms with Gasteiger partial charge in [-0.25, -0.2) is 0 Å². The largest absolute Gasteiger partial charge is 0.468 e. The Morgan fingerprint density at radius 3 is 2.76 bits per heavy atom. The summed E-state index contributed by atoms with van der Waals surface area (Å²) in [5.74, 6) is 1.07. The minimum absolute atomic E-state index is 0.0529. The summed E-state index contributed by atoms with van der Waals surface area (Å²) in [6, 6.07) is 3.94. The van der Waals surface area contributed by atoms with Crippen LogP contribution in [0, 0.1) is 6.92 Å². The van der Waals surface area contributed by atoms with Gasteiger partial charge < -0.3 is 9.32 Å². The zero-order chi connectivity index (χ0) is 17.9. The van der Waals surface area contributed by atoms with Gasteiger partial charge in [0, 0.05) is 42.1 Å². The maximum absolute atomic E-state index is 13.0. The first-order chi connectivity index (χ1) is 11.9. The van der Waals surface area contributed by atoms with Crippen LogP contribution in [-0.2, 0) is 4.79 Å². The minimum atomic E-state index is -0.459. The molecule has 2 aliphatic rings. The fourth-order valence-electron chi connectivity index (χ4n) is 4.22. The third-order valence-corrected chi connectivity index (χ3v) is 6.04. The number of hydrogen-bond acceptors (Lipinski definition) is 3. The molecule has 3 heterocycles. The SMILES string of the molecule is CC1=C(c2cccnc2)C2=Cc3c(C)coc3C(C)C2(C)N(C)C1=O. The van der Waals surface area contributed by atoms with Crippen molar-refractivity contribution in [1.29, 1.82) is 0 Å². The average molecular weight is 334 g/mol.